The Hall–Kier alpha value is -0.700. The summed E-state index contributed by atoms with van der Waals surface area (Å²) in [4.78, 5) is 4.12. The van der Waals surface area contributed by atoms with E-state index in [0.29, 0.717) is 0 Å². The molecular formula is C18H19I2N3. The molecule has 0 spiro atoms. The molecule has 0 amide bonds. The van der Waals surface area contributed by atoms with E-state index in [1.54, 1.807) is 0 Å². The maximum atomic E-state index is 3.65. The Kier molecular flexibility index (Phi) is 4.96. The summed E-state index contributed by atoms with van der Waals surface area (Å²) < 4.78 is 2.52. The Morgan fingerprint density at radius 1 is 1.04 bits per heavy atom. The fourth-order valence-electron chi connectivity index (χ4n) is 2.79. The van der Waals surface area contributed by atoms with Crippen molar-refractivity contribution in [3.05, 3.63) is 54.8 Å². The first-order valence-electron chi connectivity index (χ1n) is 7.44. The molecule has 5 heteroatoms. The molecular weight excluding hydrogens is 512 g/mol. The van der Waals surface area contributed by atoms with Crippen molar-refractivity contribution < 1.29 is 0 Å². The van der Waals surface area contributed by atoms with Gasteiger partial charge in [0.1, 0.15) is 0 Å². The average Bonchev–Trinajstić information content (AvgIpc) is 2.77. The lowest BCUT2D eigenvalue weighted by atomic mass is 10.1. The van der Waals surface area contributed by atoms with E-state index in [9.17, 15) is 0 Å². The highest BCUT2D eigenvalue weighted by molar-refractivity contribution is 14.1. The largest absolute Gasteiger partial charge is 0.378 e. The zero-order valence-corrected chi connectivity index (χ0v) is 18.0. The molecule has 1 N–H and O–H groups in total. The van der Waals surface area contributed by atoms with Crippen molar-refractivity contribution in [2.24, 2.45) is 0 Å². The smallest absolute Gasteiger partial charge is 0.208 e. The van der Waals surface area contributed by atoms with Crippen molar-refractivity contribution in [2.45, 2.75) is 20.4 Å². The van der Waals surface area contributed by atoms with Gasteiger partial charge >= 0.3 is 0 Å². The van der Waals surface area contributed by atoms with Crippen LogP contribution in [0.15, 0.2) is 24.3 Å². The molecule has 2 aromatic carbocycles. The first-order chi connectivity index (χ1) is 10.9. The number of anilines is 3. The quantitative estimate of drug-likeness (QED) is 0.563. The topological polar surface area (TPSA) is 18.5 Å². The molecule has 0 aromatic heterocycles. The highest BCUT2D eigenvalue weighted by Crippen LogP contribution is 2.46. The number of nitrogens with one attached hydrogen (secondary N) is 1. The zero-order chi connectivity index (χ0) is 16.7. The third-order valence-corrected chi connectivity index (χ3v) is 7.21. The van der Waals surface area contributed by atoms with Crippen LogP contribution >= 0.6 is 45.2 Å². The van der Waals surface area contributed by atoms with Gasteiger partial charge in [0.15, 0.2) is 0 Å². The van der Waals surface area contributed by atoms with Gasteiger partial charge in [-0.2, -0.15) is 0 Å². The molecule has 0 aliphatic carbocycles. The van der Waals surface area contributed by atoms with Crippen molar-refractivity contribution in [1.82, 2.24) is 0 Å². The van der Waals surface area contributed by atoms with Crippen LogP contribution in [-0.4, -0.2) is 14.1 Å². The van der Waals surface area contributed by atoms with Gasteiger partial charge in [-0.25, -0.2) is 0 Å². The van der Waals surface area contributed by atoms with E-state index in [0.717, 1.165) is 6.54 Å². The third-order valence-electron chi connectivity index (χ3n) is 4.21. The second kappa shape index (κ2) is 6.66. The lowest BCUT2D eigenvalue weighted by molar-refractivity contribution is 1.04. The molecule has 0 saturated heterocycles. The summed E-state index contributed by atoms with van der Waals surface area (Å²) in [7, 11) is 4.09. The van der Waals surface area contributed by atoms with E-state index in [1.165, 1.54) is 40.9 Å². The fourth-order valence-corrected chi connectivity index (χ4v) is 3.96. The fraction of sp³-hybridized carbons (Fsp3) is 0.278. The Morgan fingerprint density at radius 3 is 2.48 bits per heavy atom. The van der Waals surface area contributed by atoms with Crippen LogP contribution in [-0.2, 0) is 6.54 Å². The van der Waals surface area contributed by atoms with Gasteiger partial charge in [-0.05, 0) is 81.8 Å². The van der Waals surface area contributed by atoms with Crippen LogP contribution in [0.5, 0.6) is 0 Å². The number of rotatable bonds is 3. The number of fused-ring (bicyclic) bond motifs is 1. The Labute approximate surface area is 165 Å². The molecule has 0 fully saturated rings. The number of nitrogens with zero attached hydrogens (tertiary/aromatic N) is 2. The summed E-state index contributed by atoms with van der Waals surface area (Å²) >= 11 is 4.83. The predicted molar refractivity (Wildman–Crippen MR) is 115 cm³/mol. The SMILES string of the molecule is Cc1ccc(CNc2c(I)c(I)cc3c2N(C)[C]N3C)cc1C. The Morgan fingerprint density at radius 2 is 1.78 bits per heavy atom. The van der Waals surface area contributed by atoms with Crippen molar-refractivity contribution >= 4 is 62.2 Å². The first-order valence-corrected chi connectivity index (χ1v) is 9.60. The number of benzene rings is 2. The molecule has 1 heterocycles. The van der Waals surface area contributed by atoms with Gasteiger partial charge in [0.25, 0.3) is 0 Å². The van der Waals surface area contributed by atoms with Gasteiger partial charge in [-0.15, -0.1) is 0 Å². The third kappa shape index (κ3) is 3.26. The van der Waals surface area contributed by atoms with Gasteiger partial charge in [0.2, 0.25) is 6.67 Å². The van der Waals surface area contributed by atoms with E-state index in [4.69, 9.17) is 0 Å². The van der Waals surface area contributed by atoms with Crippen LogP contribution in [0.4, 0.5) is 17.1 Å². The molecule has 2 radical (unpaired) electrons. The molecule has 1 aliphatic rings. The van der Waals surface area contributed by atoms with E-state index >= 15 is 0 Å². The lowest BCUT2D eigenvalue weighted by Crippen LogP contribution is -2.17. The van der Waals surface area contributed by atoms with E-state index in [1.807, 2.05) is 14.1 Å². The first kappa shape index (κ1) is 17.1. The van der Waals surface area contributed by atoms with Gasteiger partial charge < -0.3 is 15.1 Å². The van der Waals surface area contributed by atoms with Crippen LogP contribution in [0.2, 0.25) is 0 Å². The van der Waals surface area contributed by atoms with Crippen molar-refractivity contribution in [3.8, 4) is 0 Å². The average molecular weight is 531 g/mol. The molecule has 0 atom stereocenters. The molecule has 3 nitrogen and oxygen atoms in total. The van der Waals surface area contributed by atoms with Crippen LogP contribution in [0.3, 0.4) is 0 Å². The van der Waals surface area contributed by atoms with Gasteiger partial charge in [-0.1, -0.05) is 18.2 Å². The summed E-state index contributed by atoms with van der Waals surface area (Å²) in [5.41, 5.74) is 7.55. The van der Waals surface area contributed by atoms with E-state index in [-0.39, 0.29) is 0 Å². The van der Waals surface area contributed by atoms with Crippen molar-refractivity contribution in [1.29, 1.82) is 0 Å². The van der Waals surface area contributed by atoms with Gasteiger partial charge in [0, 0.05) is 24.2 Å². The van der Waals surface area contributed by atoms with E-state index < -0.39 is 0 Å². The molecule has 3 rings (SSSR count). The highest BCUT2D eigenvalue weighted by atomic mass is 127. The maximum Gasteiger partial charge on any atom is 0.208 e. The number of hydrogen-bond donors (Lipinski definition) is 1. The summed E-state index contributed by atoms with van der Waals surface area (Å²) in [6.07, 6.45) is 0. The maximum absolute atomic E-state index is 3.65. The molecule has 1 aliphatic heterocycles. The van der Waals surface area contributed by atoms with E-state index in [2.05, 4.69) is 105 Å². The van der Waals surface area contributed by atoms with Crippen LogP contribution in [0, 0.1) is 27.7 Å². The highest BCUT2D eigenvalue weighted by Gasteiger charge is 2.28. The van der Waals surface area contributed by atoms with Gasteiger partial charge in [-0.3, -0.25) is 0 Å². The number of halogens is 2. The van der Waals surface area contributed by atoms with Crippen LogP contribution < -0.4 is 15.1 Å². The normalized spacial score (nSPS) is 13.5. The molecule has 23 heavy (non-hydrogen) atoms. The van der Waals surface area contributed by atoms with Crippen LogP contribution in [0.25, 0.3) is 0 Å². The molecule has 0 saturated carbocycles. The second-order valence-corrected chi connectivity index (χ2v) is 8.15. The number of hydrogen-bond acceptors (Lipinski definition) is 3. The predicted octanol–water partition coefficient (Wildman–Crippen LogP) is 5.01. The zero-order valence-electron chi connectivity index (χ0n) is 13.7. The second-order valence-electron chi connectivity index (χ2n) is 5.91. The summed E-state index contributed by atoms with van der Waals surface area (Å²) in [5.74, 6) is 0. The monoisotopic (exact) mass is 531 g/mol. The lowest BCUT2D eigenvalue weighted by Gasteiger charge is -2.19. The minimum Gasteiger partial charge on any atom is -0.378 e. The van der Waals surface area contributed by atoms with Crippen molar-refractivity contribution in [2.75, 3.05) is 29.2 Å². The minimum atomic E-state index is 0.821. The van der Waals surface area contributed by atoms with Crippen LogP contribution in [0.1, 0.15) is 16.7 Å². The van der Waals surface area contributed by atoms with Crippen molar-refractivity contribution in [3.63, 3.8) is 0 Å². The summed E-state index contributed by atoms with van der Waals surface area (Å²) in [6.45, 7) is 8.45. The summed E-state index contributed by atoms with van der Waals surface area (Å²) in [6, 6.07) is 8.87. The molecule has 0 bridgehead atoms. The molecule has 0 unspecified atom stereocenters. The molecule has 2 aromatic rings. The van der Waals surface area contributed by atoms with Gasteiger partial charge in [0.05, 0.1) is 20.6 Å². The minimum absolute atomic E-state index is 0.821. The molecule has 120 valence electrons. The Bertz CT molecular complexity index is 758. The standard InChI is InChI=1S/C18H19I2N3/c1-11-5-6-13(7-12(11)2)9-21-17-16(20)14(19)8-15-18(17)23(4)10-22(15)3/h5-8,21H,9H2,1-4H3. The number of aryl methyl sites for hydroxylation is 2. The Balaban J connectivity index is 1.94. The summed E-state index contributed by atoms with van der Waals surface area (Å²) in [5, 5.41) is 3.65.